The first-order valence-corrected chi connectivity index (χ1v) is 11.4. The molecule has 2 aromatic rings. The van der Waals surface area contributed by atoms with Crippen LogP contribution in [0.5, 0.6) is 0 Å². The molecule has 0 aliphatic carbocycles. The van der Waals surface area contributed by atoms with Crippen LogP contribution >= 0.6 is 0 Å². The third-order valence-corrected chi connectivity index (χ3v) is 7.15. The number of nitrogens with one attached hydrogen (secondary N) is 1. The lowest BCUT2D eigenvalue weighted by molar-refractivity contribution is 0.0939. The van der Waals surface area contributed by atoms with Crippen LogP contribution < -0.4 is 10.2 Å². The molecule has 0 aromatic heterocycles. The Bertz CT molecular complexity index is 950. The lowest BCUT2D eigenvalue weighted by Crippen LogP contribution is -2.29. The van der Waals surface area contributed by atoms with Crippen molar-refractivity contribution in [3.63, 3.8) is 0 Å². The SMILES string of the molecule is C[C@H](NC(=O)c1cccc(S(=O)(=O)N(C)C)c1)c1ccc(N2CCCCC2)cc1. The molecule has 1 fully saturated rings. The summed E-state index contributed by atoms with van der Waals surface area (Å²) in [7, 11) is -0.641. The number of rotatable bonds is 6. The molecule has 2 aromatic carbocycles. The molecular formula is C22H29N3O3S. The Labute approximate surface area is 173 Å². The minimum atomic E-state index is -3.58. The van der Waals surface area contributed by atoms with Crippen molar-refractivity contribution in [2.24, 2.45) is 0 Å². The molecular weight excluding hydrogens is 386 g/mol. The van der Waals surface area contributed by atoms with Crippen LogP contribution in [0, 0.1) is 0 Å². The van der Waals surface area contributed by atoms with Gasteiger partial charge in [-0.15, -0.1) is 0 Å². The molecule has 3 rings (SSSR count). The summed E-state index contributed by atoms with van der Waals surface area (Å²) in [5.41, 5.74) is 2.55. The molecule has 1 atom stereocenters. The van der Waals surface area contributed by atoms with Gasteiger partial charge in [-0.1, -0.05) is 18.2 Å². The second-order valence-electron chi connectivity index (χ2n) is 7.65. The number of carbonyl (C=O) groups is 1. The van der Waals surface area contributed by atoms with Crippen LogP contribution in [-0.2, 0) is 10.0 Å². The Morgan fingerprint density at radius 3 is 2.31 bits per heavy atom. The molecule has 0 radical (unpaired) electrons. The van der Waals surface area contributed by atoms with Crippen molar-refractivity contribution < 1.29 is 13.2 Å². The summed E-state index contributed by atoms with van der Waals surface area (Å²) in [6, 6.07) is 14.2. The highest BCUT2D eigenvalue weighted by Crippen LogP contribution is 2.23. The first-order chi connectivity index (χ1) is 13.8. The van der Waals surface area contributed by atoms with Crippen molar-refractivity contribution in [3.8, 4) is 0 Å². The molecule has 7 heteroatoms. The van der Waals surface area contributed by atoms with Crippen LogP contribution in [0.2, 0.25) is 0 Å². The van der Waals surface area contributed by atoms with Crippen molar-refractivity contribution in [2.45, 2.75) is 37.1 Å². The van der Waals surface area contributed by atoms with Crippen molar-refractivity contribution in [1.29, 1.82) is 0 Å². The Kier molecular flexibility index (Phi) is 6.59. The van der Waals surface area contributed by atoms with Crippen molar-refractivity contribution in [3.05, 3.63) is 59.7 Å². The lowest BCUT2D eigenvalue weighted by atomic mass is 10.1. The van der Waals surface area contributed by atoms with Crippen LogP contribution in [0.15, 0.2) is 53.4 Å². The first kappa shape index (κ1) is 21.3. The second kappa shape index (κ2) is 8.97. The molecule has 1 saturated heterocycles. The standard InChI is InChI=1S/C22H29N3O3S/c1-17(18-10-12-20(13-11-18)25-14-5-4-6-15-25)23-22(26)19-8-7-9-21(16-19)29(27,28)24(2)3/h7-13,16-17H,4-6,14-15H2,1-3H3,(H,23,26)/t17-/m0/s1. The second-order valence-corrected chi connectivity index (χ2v) is 9.80. The Morgan fingerprint density at radius 1 is 1.03 bits per heavy atom. The van der Waals surface area contributed by atoms with Crippen LogP contribution in [0.3, 0.4) is 0 Å². The van der Waals surface area contributed by atoms with Crippen LogP contribution in [-0.4, -0.2) is 45.8 Å². The van der Waals surface area contributed by atoms with Gasteiger partial charge in [0.05, 0.1) is 10.9 Å². The van der Waals surface area contributed by atoms with E-state index in [-0.39, 0.29) is 16.8 Å². The molecule has 6 nitrogen and oxygen atoms in total. The smallest absolute Gasteiger partial charge is 0.251 e. The summed E-state index contributed by atoms with van der Waals surface area (Å²) in [6.45, 7) is 4.11. The Morgan fingerprint density at radius 2 is 1.69 bits per heavy atom. The molecule has 29 heavy (non-hydrogen) atoms. The number of carbonyl (C=O) groups excluding carboxylic acids is 1. The fourth-order valence-corrected chi connectivity index (χ4v) is 4.45. The molecule has 0 unspecified atom stereocenters. The maximum atomic E-state index is 12.7. The zero-order chi connectivity index (χ0) is 21.0. The van der Waals surface area contributed by atoms with Crippen molar-refractivity contribution >= 4 is 21.6 Å². The zero-order valence-corrected chi connectivity index (χ0v) is 18.1. The van der Waals surface area contributed by atoms with Gasteiger partial charge < -0.3 is 10.2 Å². The molecule has 1 heterocycles. The summed E-state index contributed by atoms with van der Waals surface area (Å²) in [5, 5.41) is 2.96. The highest BCUT2D eigenvalue weighted by molar-refractivity contribution is 7.89. The molecule has 1 amide bonds. The van der Waals surface area contributed by atoms with E-state index < -0.39 is 10.0 Å². The molecule has 1 aliphatic rings. The molecule has 0 spiro atoms. The highest BCUT2D eigenvalue weighted by atomic mass is 32.2. The van der Waals surface area contributed by atoms with E-state index in [1.165, 1.54) is 51.2 Å². The average Bonchev–Trinajstić information content (AvgIpc) is 2.74. The van der Waals surface area contributed by atoms with E-state index in [0.29, 0.717) is 5.56 Å². The van der Waals surface area contributed by atoms with E-state index >= 15 is 0 Å². The number of anilines is 1. The van der Waals surface area contributed by atoms with Gasteiger partial charge in [0.1, 0.15) is 0 Å². The number of benzene rings is 2. The lowest BCUT2D eigenvalue weighted by Gasteiger charge is -2.29. The number of hydrogen-bond donors (Lipinski definition) is 1. The van der Waals surface area contributed by atoms with Gasteiger partial charge in [-0.3, -0.25) is 4.79 Å². The summed E-state index contributed by atoms with van der Waals surface area (Å²) in [6.07, 6.45) is 3.77. The van der Waals surface area contributed by atoms with Crippen LogP contribution in [0.1, 0.15) is 48.1 Å². The maximum absolute atomic E-state index is 12.7. The summed E-state index contributed by atoms with van der Waals surface area (Å²) >= 11 is 0. The van der Waals surface area contributed by atoms with Gasteiger partial charge in [0.25, 0.3) is 5.91 Å². The van der Waals surface area contributed by atoms with Gasteiger partial charge in [-0.25, -0.2) is 12.7 Å². The predicted molar refractivity (Wildman–Crippen MR) is 116 cm³/mol. The van der Waals surface area contributed by atoms with Gasteiger partial charge in [0.15, 0.2) is 0 Å². The largest absolute Gasteiger partial charge is 0.372 e. The number of hydrogen-bond acceptors (Lipinski definition) is 4. The van der Waals surface area contributed by atoms with E-state index in [9.17, 15) is 13.2 Å². The van der Waals surface area contributed by atoms with Gasteiger partial charge in [0.2, 0.25) is 10.0 Å². The van der Waals surface area contributed by atoms with Gasteiger partial charge in [-0.05, 0) is 62.1 Å². The van der Waals surface area contributed by atoms with Gasteiger partial charge in [0, 0.05) is 38.4 Å². The number of sulfonamides is 1. The average molecular weight is 416 g/mol. The third kappa shape index (κ3) is 4.97. The summed E-state index contributed by atoms with van der Waals surface area (Å²) in [5.74, 6) is -0.298. The van der Waals surface area contributed by atoms with E-state index in [0.717, 1.165) is 23.0 Å². The van der Waals surface area contributed by atoms with Crippen molar-refractivity contribution in [2.75, 3.05) is 32.1 Å². The monoisotopic (exact) mass is 415 g/mol. The van der Waals surface area contributed by atoms with Crippen LogP contribution in [0.4, 0.5) is 5.69 Å². The summed E-state index contributed by atoms with van der Waals surface area (Å²) in [4.78, 5) is 15.2. The molecule has 0 bridgehead atoms. The minimum Gasteiger partial charge on any atom is -0.372 e. The number of nitrogens with zero attached hydrogens (tertiary/aromatic N) is 2. The highest BCUT2D eigenvalue weighted by Gasteiger charge is 2.19. The van der Waals surface area contributed by atoms with E-state index in [2.05, 4.69) is 22.3 Å². The van der Waals surface area contributed by atoms with Crippen molar-refractivity contribution in [1.82, 2.24) is 9.62 Å². The van der Waals surface area contributed by atoms with Gasteiger partial charge in [-0.2, -0.15) is 0 Å². The van der Waals surface area contributed by atoms with Gasteiger partial charge >= 0.3 is 0 Å². The van der Waals surface area contributed by atoms with Crippen LogP contribution in [0.25, 0.3) is 0 Å². The normalized spacial score (nSPS) is 15.9. The molecule has 1 aliphatic heterocycles. The molecule has 0 saturated carbocycles. The fourth-order valence-electron chi connectivity index (χ4n) is 3.50. The minimum absolute atomic E-state index is 0.105. The quantitative estimate of drug-likeness (QED) is 0.785. The van der Waals surface area contributed by atoms with E-state index in [4.69, 9.17) is 0 Å². The molecule has 1 N–H and O–H groups in total. The number of piperidine rings is 1. The number of amides is 1. The molecule has 156 valence electrons. The fraction of sp³-hybridized carbons (Fsp3) is 0.409. The van der Waals surface area contributed by atoms with E-state index in [1.807, 2.05) is 19.1 Å². The Hall–Kier alpha value is -2.38. The topological polar surface area (TPSA) is 69.7 Å². The third-order valence-electron chi connectivity index (χ3n) is 5.34. The maximum Gasteiger partial charge on any atom is 0.251 e. The van der Waals surface area contributed by atoms with E-state index in [1.54, 1.807) is 12.1 Å². The predicted octanol–water partition coefficient (Wildman–Crippen LogP) is 3.42. The Balaban J connectivity index is 1.69. The first-order valence-electron chi connectivity index (χ1n) is 9.97. The zero-order valence-electron chi connectivity index (χ0n) is 17.3. The summed E-state index contributed by atoms with van der Waals surface area (Å²) < 4.78 is 25.7.